The molecule has 6 heteroatoms. The predicted octanol–water partition coefficient (Wildman–Crippen LogP) is 1.48. The molecule has 2 amide bonds. The Kier molecular flexibility index (Phi) is 3.38. The lowest BCUT2D eigenvalue weighted by Gasteiger charge is -2.20. The minimum Gasteiger partial charge on any atom is -0.296 e. The monoisotopic (exact) mass is 256 g/mol. The number of amides is 2. The number of carbonyl (C=O) groups is 2. The van der Waals surface area contributed by atoms with E-state index in [1.54, 1.807) is 6.07 Å². The van der Waals surface area contributed by atoms with E-state index in [9.17, 15) is 14.0 Å². The average Bonchev–Trinajstić information content (AvgIpc) is 2.29. The SMILES string of the molecule is O=C1CCC(c2ccc(CCl)c(F)n2)C(=O)N1. The van der Waals surface area contributed by atoms with E-state index in [4.69, 9.17) is 11.6 Å². The van der Waals surface area contributed by atoms with Gasteiger partial charge in [0.25, 0.3) is 0 Å². The standard InChI is InChI=1S/C11H10ClFN2O2/c12-5-6-1-3-8(14-10(6)13)7-2-4-9(16)15-11(7)17/h1,3,7H,2,4-5H2,(H,15,16,17). The molecule has 1 unspecified atom stereocenters. The first-order valence-electron chi connectivity index (χ1n) is 5.17. The largest absolute Gasteiger partial charge is 0.296 e. The Bertz CT molecular complexity index is 479. The van der Waals surface area contributed by atoms with Crippen LogP contribution in [0.4, 0.5) is 4.39 Å². The van der Waals surface area contributed by atoms with Crippen molar-refractivity contribution in [3.63, 3.8) is 0 Å². The van der Waals surface area contributed by atoms with Crippen LogP contribution in [0.15, 0.2) is 12.1 Å². The lowest BCUT2D eigenvalue weighted by molar-refractivity contribution is -0.134. The molecule has 4 nitrogen and oxygen atoms in total. The Morgan fingerprint density at radius 3 is 2.82 bits per heavy atom. The van der Waals surface area contributed by atoms with Crippen molar-refractivity contribution in [1.82, 2.24) is 10.3 Å². The van der Waals surface area contributed by atoms with Crippen LogP contribution in [-0.4, -0.2) is 16.8 Å². The minimum atomic E-state index is -0.665. The number of nitrogens with one attached hydrogen (secondary N) is 1. The molecule has 2 heterocycles. The Labute approximate surface area is 102 Å². The van der Waals surface area contributed by atoms with Crippen LogP contribution in [0.5, 0.6) is 0 Å². The Morgan fingerprint density at radius 1 is 1.47 bits per heavy atom. The molecule has 1 aliphatic heterocycles. The third-order valence-electron chi connectivity index (χ3n) is 2.69. The molecule has 1 N–H and O–H groups in total. The van der Waals surface area contributed by atoms with E-state index < -0.39 is 17.8 Å². The second-order valence-corrected chi connectivity index (χ2v) is 4.09. The van der Waals surface area contributed by atoms with Crippen LogP contribution in [-0.2, 0) is 15.5 Å². The molecule has 0 saturated carbocycles. The number of pyridine rings is 1. The molecule has 0 aromatic carbocycles. The molecule has 1 aromatic heterocycles. The molecule has 0 bridgehead atoms. The molecule has 0 aliphatic carbocycles. The van der Waals surface area contributed by atoms with E-state index >= 15 is 0 Å². The molecule has 90 valence electrons. The lowest BCUT2D eigenvalue weighted by Crippen LogP contribution is -2.39. The molecular formula is C11H10ClFN2O2. The second kappa shape index (κ2) is 4.79. The number of nitrogens with zero attached hydrogens (tertiary/aromatic N) is 1. The summed E-state index contributed by atoms with van der Waals surface area (Å²) in [5.74, 6) is -1.92. The van der Waals surface area contributed by atoms with Gasteiger partial charge in [-0.2, -0.15) is 4.39 Å². The summed E-state index contributed by atoms with van der Waals surface area (Å²) in [4.78, 5) is 26.2. The zero-order valence-electron chi connectivity index (χ0n) is 8.87. The third kappa shape index (κ3) is 2.44. The summed E-state index contributed by atoms with van der Waals surface area (Å²) < 4.78 is 13.4. The minimum absolute atomic E-state index is 0.0362. The van der Waals surface area contributed by atoms with Crippen molar-refractivity contribution in [3.8, 4) is 0 Å². The highest BCUT2D eigenvalue weighted by Crippen LogP contribution is 2.24. The van der Waals surface area contributed by atoms with Crippen molar-refractivity contribution in [2.24, 2.45) is 0 Å². The van der Waals surface area contributed by atoms with Crippen LogP contribution >= 0.6 is 11.6 Å². The zero-order chi connectivity index (χ0) is 12.4. The smallest absolute Gasteiger partial charge is 0.235 e. The molecule has 1 aliphatic rings. The van der Waals surface area contributed by atoms with Gasteiger partial charge in [-0.1, -0.05) is 6.07 Å². The Hall–Kier alpha value is -1.49. The van der Waals surface area contributed by atoms with E-state index in [1.165, 1.54) is 6.07 Å². The fraction of sp³-hybridized carbons (Fsp3) is 0.364. The summed E-state index contributed by atoms with van der Waals surface area (Å²) in [5, 5.41) is 2.21. The summed E-state index contributed by atoms with van der Waals surface area (Å²) in [6, 6.07) is 3.08. The second-order valence-electron chi connectivity index (χ2n) is 3.82. The van der Waals surface area contributed by atoms with Crippen LogP contribution in [0.1, 0.15) is 30.0 Å². The molecular weight excluding hydrogens is 247 g/mol. The van der Waals surface area contributed by atoms with Gasteiger partial charge in [0, 0.05) is 12.0 Å². The third-order valence-corrected chi connectivity index (χ3v) is 2.98. The van der Waals surface area contributed by atoms with Gasteiger partial charge in [-0.3, -0.25) is 14.9 Å². The maximum absolute atomic E-state index is 13.4. The summed E-state index contributed by atoms with van der Waals surface area (Å²) in [5.41, 5.74) is 0.629. The summed E-state index contributed by atoms with van der Waals surface area (Å²) in [7, 11) is 0. The average molecular weight is 257 g/mol. The first-order chi connectivity index (χ1) is 8.11. The van der Waals surface area contributed by atoms with Gasteiger partial charge in [0.15, 0.2) is 0 Å². The normalized spacial score (nSPS) is 20.2. The lowest BCUT2D eigenvalue weighted by atomic mass is 9.94. The van der Waals surface area contributed by atoms with Gasteiger partial charge in [0.2, 0.25) is 17.8 Å². The van der Waals surface area contributed by atoms with Gasteiger partial charge in [-0.15, -0.1) is 11.6 Å². The van der Waals surface area contributed by atoms with Crippen LogP contribution in [0, 0.1) is 5.95 Å². The van der Waals surface area contributed by atoms with Crippen molar-refractivity contribution >= 4 is 23.4 Å². The first kappa shape index (κ1) is 12.0. The van der Waals surface area contributed by atoms with E-state index in [1.807, 2.05) is 0 Å². The number of rotatable bonds is 2. The van der Waals surface area contributed by atoms with E-state index in [0.29, 0.717) is 17.7 Å². The molecule has 1 atom stereocenters. The van der Waals surface area contributed by atoms with Gasteiger partial charge >= 0.3 is 0 Å². The number of carbonyl (C=O) groups excluding carboxylic acids is 2. The topological polar surface area (TPSA) is 59.1 Å². The quantitative estimate of drug-likeness (QED) is 0.495. The van der Waals surface area contributed by atoms with E-state index in [0.717, 1.165) is 0 Å². The van der Waals surface area contributed by atoms with Crippen molar-refractivity contribution < 1.29 is 14.0 Å². The van der Waals surface area contributed by atoms with Gasteiger partial charge in [0.1, 0.15) is 0 Å². The number of aromatic nitrogens is 1. The van der Waals surface area contributed by atoms with Crippen molar-refractivity contribution in [2.45, 2.75) is 24.6 Å². The molecule has 1 saturated heterocycles. The molecule has 1 fully saturated rings. The number of hydrogen-bond donors (Lipinski definition) is 1. The number of hydrogen-bond acceptors (Lipinski definition) is 3. The first-order valence-corrected chi connectivity index (χ1v) is 5.70. The highest BCUT2D eigenvalue weighted by molar-refractivity contribution is 6.17. The molecule has 2 rings (SSSR count). The summed E-state index contributed by atoms with van der Waals surface area (Å²) >= 11 is 5.51. The van der Waals surface area contributed by atoms with Gasteiger partial charge in [0.05, 0.1) is 17.5 Å². The molecule has 0 radical (unpaired) electrons. The molecule has 0 spiro atoms. The van der Waals surface area contributed by atoms with Crippen LogP contribution < -0.4 is 5.32 Å². The highest BCUT2D eigenvalue weighted by Gasteiger charge is 2.29. The van der Waals surface area contributed by atoms with E-state index in [-0.39, 0.29) is 18.2 Å². The predicted molar refractivity (Wildman–Crippen MR) is 58.9 cm³/mol. The highest BCUT2D eigenvalue weighted by atomic mass is 35.5. The van der Waals surface area contributed by atoms with Crippen LogP contribution in [0.2, 0.25) is 0 Å². The van der Waals surface area contributed by atoms with Crippen LogP contribution in [0.3, 0.4) is 0 Å². The van der Waals surface area contributed by atoms with Gasteiger partial charge in [-0.25, -0.2) is 4.98 Å². The van der Waals surface area contributed by atoms with Crippen molar-refractivity contribution in [1.29, 1.82) is 0 Å². The summed E-state index contributed by atoms with van der Waals surface area (Å²) in [6.07, 6.45) is 0.605. The number of alkyl halides is 1. The van der Waals surface area contributed by atoms with Crippen molar-refractivity contribution in [3.05, 3.63) is 29.3 Å². The molecule has 1 aromatic rings. The van der Waals surface area contributed by atoms with Crippen molar-refractivity contribution in [2.75, 3.05) is 0 Å². The maximum atomic E-state index is 13.4. The Balaban J connectivity index is 2.25. The molecule has 17 heavy (non-hydrogen) atoms. The maximum Gasteiger partial charge on any atom is 0.235 e. The Morgan fingerprint density at radius 2 is 2.24 bits per heavy atom. The van der Waals surface area contributed by atoms with Gasteiger partial charge in [-0.05, 0) is 12.5 Å². The summed E-state index contributed by atoms with van der Waals surface area (Å²) in [6.45, 7) is 0. The van der Waals surface area contributed by atoms with E-state index in [2.05, 4.69) is 10.3 Å². The fourth-order valence-corrected chi connectivity index (χ4v) is 1.95. The zero-order valence-corrected chi connectivity index (χ0v) is 9.63. The number of imide groups is 1. The number of halogens is 2. The van der Waals surface area contributed by atoms with Crippen LogP contribution in [0.25, 0.3) is 0 Å². The fourth-order valence-electron chi connectivity index (χ4n) is 1.75. The van der Waals surface area contributed by atoms with Gasteiger partial charge < -0.3 is 0 Å². The number of piperidine rings is 1.